The van der Waals surface area contributed by atoms with Crippen LogP contribution in [0.2, 0.25) is 0 Å². The molecule has 64 valence electrons. The maximum absolute atomic E-state index is 10.9. The third kappa shape index (κ3) is 1.71. The van der Waals surface area contributed by atoms with Gasteiger partial charge in [0, 0.05) is 6.04 Å². The van der Waals surface area contributed by atoms with Gasteiger partial charge in [0.25, 0.3) is 0 Å². The lowest BCUT2D eigenvalue weighted by Crippen LogP contribution is -2.47. The minimum absolute atomic E-state index is 0.196. The fourth-order valence-corrected chi connectivity index (χ4v) is 1.16. The Hall–Kier alpha value is -0.570. The molecule has 3 nitrogen and oxygen atoms in total. The monoisotopic (exact) mass is 156 g/mol. The Morgan fingerprint density at radius 1 is 1.73 bits per heavy atom. The van der Waals surface area contributed by atoms with Crippen molar-refractivity contribution in [1.29, 1.82) is 0 Å². The molecule has 0 aromatic rings. The first-order chi connectivity index (χ1) is 5.10. The van der Waals surface area contributed by atoms with Crippen molar-refractivity contribution in [3.05, 3.63) is 0 Å². The Balaban J connectivity index is 2.41. The van der Waals surface area contributed by atoms with Gasteiger partial charge in [-0.05, 0) is 26.2 Å². The van der Waals surface area contributed by atoms with Crippen molar-refractivity contribution >= 4 is 5.91 Å². The van der Waals surface area contributed by atoms with Gasteiger partial charge in [-0.25, -0.2) is 0 Å². The zero-order valence-corrected chi connectivity index (χ0v) is 7.18. The molecule has 1 atom stereocenters. The first-order valence-corrected chi connectivity index (χ1v) is 4.18. The van der Waals surface area contributed by atoms with Crippen LogP contribution in [0, 0.1) is 0 Å². The summed E-state index contributed by atoms with van der Waals surface area (Å²) in [5, 5.41) is 3.24. The fraction of sp³-hybridized carbons (Fsp3) is 0.875. The Labute approximate surface area is 67.3 Å². The highest BCUT2D eigenvalue weighted by Gasteiger charge is 2.48. The second kappa shape index (κ2) is 2.81. The molecular weight excluding hydrogens is 140 g/mol. The van der Waals surface area contributed by atoms with Gasteiger partial charge in [-0.3, -0.25) is 4.79 Å². The Kier molecular flexibility index (Phi) is 2.18. The Morgan fingerprint density at radius 3 is 2.55 bits per heavy atom. The van der Waals surface area contributed by atoms with Crippen LogP contribution in [0.4, 0.5) is 0 Å². The lowest BCUT2D eigenvalue weighted by atomic mass is 10.2. The van der Waals surface area contributed by atoms with E-state index in [4.69, 9.17) is 5.73 Å². The Bertz CT molecular complexity index is 163. The first-order valence-electron chi connectivity index (χ1n) is 4.18. The number of carbonyl (C=O) groups is 1. The van der Waals surface area contributed by atoms with Crippen molar-refractivity contribution < 1.29 is 4.79 Å². The number of primary amides is 1. The standard InChI is InChI=1S/C8H16N2O/c1-3-6(2)10-8(4-5-8)7(9)11/h6,10H,3-5H2,1-2H3,(H2,9,11). The van der Waals surface area contributed by atoms with E-state index in [0.717, 1.165) is 19.3 Å². The normalized spacial score (nSPS) is 22.7. The number of hydrogen-bond acceptors (Lipinski definition) is 2. The molecule has 0 spiro atoms. The number of nitrogens with one attached hydrogen (secondary N) is 1. The zero-order chi connectivity index (χ0) is 8.48. The van der Waals surface area contributed by atoms with E-state index < -0.39 is 0 Å². The minimum atomic E-state index is -0.338. The van der Waals surface area contributed by atoms with Gasteiger partial charge in [0.15, 0.2) is 0 Å². The van der Waals surface area contributed by atoms with Crippen LogP contribution in [0.25, 0.3) is 0 Å². The van der Waals surface area contributed by atoms with E-state index in [0.29, 0.717) is 6.04 Å². The summed E-state index contributed by atoms with van der Waals surface area (Å²) < 4.78 is 0. The van der Waals surface area contributed by atoms with Gasteiger partial charge in [0.1, 0.15) is 0 Å². The summed E-state index contributed by atoms with van der Waals surface area (Å²) >= 11 is 0. The Morgan fingerprint density at radius 2 is 2.27 bits per heavy atom. The third-order valence-electron chi connectivity index (χ3n) is 2.36. The lowest BCUT2D eigenvalue weighted by molar-refractivity contribution is -0.121. The van der Waals surface area contributed by atoms with Crippen LogP contribution in [-0.4, -0.2) is 17.5 Å². The molecule has 1 aliphatic rings. The van der Waals surface area contributed by atoms with Crippen molar-refractivity contribution in [2.24, 2.45) is 5.73 Å². The number of nitrogens with two attached hydrogens (primary N) is 1. The molecule has 1 aliphatic carbocycles. The van der Waals surface area contributed by atoms with Crippen molar-refractivity contribution in [3.63, 3.8) is 0 Å². The van der Waals surface area contributed by atoms with E-state index in [-0.39, 0.29) is 11.4 Å². The van der Waals surface area contributed by atoms with E-state index in [1.807, 2.05) is 0 Å². The van der Waals surface area contributed by atoms with Gasteiger partial charge in [0.05, 0.1) is 5.54 Å². The summed E-state index contributed by atoms with van der Waals surface area (Å²) in [6.45, 7) is 4.16. The second-order valence-corrected chi connectivity index (χ2v) is 3.40. The smallest absolute Gasteiger partial charge is 0.237 e. The van der Waals surface area contributed by atoms with Crippen molar-refractivity contribution in [1.82, 2.24) is 5.32 Å². The SMILES string of the molecule is CCC(C)NC1(C(N)=O)CC1. The molecule has 11 heavy (non-hydrogen) atoms. The van der Waals surface area contributed by atoms with Crippen LogP contribution >= 0.6 is 0 Å². The summed E-state index contributed by atoms with van der Waals surface area (Å²) in [7, 11) is 0. The quantitative estimate of drug-likeness (QED) is 0.618. The molecule has 3 heteroatoms. The lowest BCUT2D eigenvalue weighted by Gasteiger charge is -2.18. The summed E-state index contributed by atoms with van der Waals surface area (Å²) in [5.74, 6) is -0.196. The highest BCUT2D eigenvalue weighted by molar-refractivity contribution is 5.87. The molecule has 1 amide bonds. The van der Waals surface area contributed by atoms with Gasteiger partial charge in [-0.2, -0.15) is 0 Å². The molecule has 1 rings (SSSR count). The molecule has 0 radical (unpaired) electrons. The largest absolute Gasteiger partial charge is 0.368 e. The van der Waals surface area contributed by atoms with Gasteiger partial charge in [-0.1, -0.05) is 6.92 Å². The van der Waals surface area contributed by atoms with Crippen LogP contribution in [0.15, 0.2) is 0 Å². The van der Waals surface area contributed by atoms with Gasteiger partial charge in [-0.15, -0.1) is 0 Å². The van der Waals surface area contributed by atoms with Gasteiger partial charge in [0.2, 0.25) is 5.91 Å². The summed E-state index contributed by atoms with van der Waals surface area (Å²) in [6.07, 6.45) is 2.86. The third-order valence-corrected chi connectivity index (χ3v) is 2.36. The van der Waals surface area contributed by atoms with Gasteiger partial charge < -0.3 is 11.1 Å². The van der Waals surface area contributed by atoms with Crippen LogP contribution in [0.5, 0.6) is 0 Å². The van der Waals surface area contributed by atoms with Crippen LogP contribution in [0.1, 0.15) is 33.1 Å². The molecule has 0 aromatic carbocycles. The molecule has 0 heterocycles. The summed E-state index contributed by atoms with van der Waals surface area (Å²) in [4.78, 5) is 10.9. The maximum atomic E-state index is 10.9. The van der Waals surface area contributed by atoms with E-state index in [9.17, 15) is 4.79 Å². The molecule has 3 N–H and O–H groups in total. The molecule has 1 unspecified atom stereocenters. The average Bonchev–Trinajstić information content (AvgIpc) is 2.69. The number of hydrogen-bond donors (Lipinski definition) is 2. The van der Waals surface area contributed by atoms with Crippen LogP contribution in [0.3, 0.4) is 0 Å². The topological polar surface area (TPSA) is 55.1 Å². The first kappa shape index (κ1) is 8.53. The molecule has 0 bridgehead atoms. The molecule has 1 fully saturated rings. The van der Waals surface area contributed by atoms with Gasteiger partial charge >= 0.3 is 0 Å². The van der Waals surface area contributed by atoms with Crippen LogP contribution < -0.4 is 11.1 Å². The average molecular weight is 156 g/mol. The molecule has 1 saturated carbocycles. The number of rotatable bonds is 4. The van der Waals surface area contributed by atoms with E-state index >= 15 is 0 Å². The fourth-order valence-electron chi connectivity index (χ4n) is 1.16. The molecular formula is C8H16N2O. The number of amides is 1. The maximum Gasteiger partial charge on any atom is 0.237 e. The van der Waals surface area contributed by atoms with Crippen molar-refractivity contribution in [2.75, 3.05) is 0 Å². The molecule has 0 aliphatic heterocycles. The van der Waals surface area contributed by atoms with Crippen molar-refractivity contribution in [2.45, 2.75) is 44.7 Å². The highest BCUT2D eigenvalue weighted by atomic mass is 16.1. The van der Waals surface area contributed by atoms with Crippen LogP contribution in [-0.2, 0) is 4.79 Å². The zero-order valence-electron chi connectivity index (χ0n) is 7.18. The summed E-state index contributed by atoms with van der Waals surface area (Å²) in [6, 6.07) is 0.394. The molecule has 0 saturated heterocycles. The predicted molar refractivity (Wildman–Crippen MR) is 44.0 cm³/mol. The minimum Gasteiger partial charge on any atom is -0.368 e. The van der Waals surface area contributed by atoms with E-state index in [1.165, 1.54) is 0 Å². The van der Waals surface area contributed by atoms with E-state index in [2.05, 4.69) is 19.2 Å². The second-order valence-electron chi connectivity index (χ2n) is 3.40. The van der Waals surface area contributed by atoms with Crippen molar-refractivity contribution in [3.8, 4) is 0 Å². The molecule has 0 aromatic heterocycles. The predicted octanol–water partition coefficient (Wildman–Crippen LogP) is 0.392. The highest BCUT2D eigenvalue weighted by Crippen LogP contribution is 2.35. The van der Waals surface area contributed by atoms with E-state index in [1.54, 1.807) is 0 Å². The summed E-state index contributed by atoms with van der Waals surface area (Å²) in [5.41, 5.74) is 4.90. The number of carbonyl (C=O) groups excluding carboxylic acids is 1.